The lowest BCUT2D eigenvalue weighted by Crippen LogP contribution is -2.32. The molecular formula is C18H19ClN2O3. The van der Waals surface area contributed by atoms with E-state index in [4.69, 9.17) is 22.1 Å². The van der Waals surface area contributed by atoms with Gasteiger partial charge in [0.1, 0.15) is 0 Å². The quantitative estimate of drug-likeness (QED) is 0.637. The van der Waals surface area contributed by atoms with Crippen molar-refractivity contribution in [3.05, 3.63) is 58.6 Å². The standard InChI is InChI=1S/C18H19ClN2O3/c1-3-16(24-18(23)12-5-4-6-13(20)9-12)17(22)21-14-8-7-11(2)15(19)10-14/h4-10,16H,3,20H2,1-2H3,(H,21,22). The molecule has 0 saturated carbocycles. The molecule has 0 aliphatic carbocycles. The Morgan fingerprint density at radius 1 is 1.25 bits per heavy atom. The Morgan fingerprint density at radius 3 is 2.62 bits per heavy atom. The number of esters is 1. The molecular weight excluding hydrogens is 328 g/mol. The zero-order valence-electron chi connectivity index (χ0n) is 13.5. The summed E-state index contributed by atoms with van der Waals surface area (Å²) >= 11 is 6.04. The highest BCUT2D eigenvalue weighted by molar-refractivity contribution is 6.31. The Kier molecular flexibility index (Phi) is 5.82. The number of aryl methyl sites for hydroxylation is 1. The van der Waals surface area contributed by atoms with E-state index in [0.29, 0.717) is 28.4 Å². The Balaban J connectivity index is 2.05. The zero-order valence-corrected chi connectivity index (χ0v) is 14.3. The van der Waals surface area contributed by atoms with Gasteiger partial charge >= 0.3 is 5.97 Å². The van der Waals surface area contributed by atoms with Crippen molar-refractivity contribution in [1.82, 2.24) is 0 Å². The van der Waals surface area contributed by atoms with Gasteiger partial charge in [0, 0.05) is 16.4 Å². The Labute approximate surface area is 145 Å². The molecule has 2 rings (SSSR count). The molecule has 1 unspecified atom stereocenters. The maximum absolute atomic E-state index is 12.3. The van der Waals surface area contributed by atoms with E-state index < -0.39 is 18.0 Å². The van der Waals surface area contributed by atoms with Crippen molar-refractivity contribution in [2.45, 2.75) is 26.4 Å². The number of carbonyl (C=O) groups excluding carboxylic acids is 2. The van der Waals surface area contributed by atoms with Crippen molar-refractivity contribution in [2.24, 2.45) is 0 Å². The lowest BCUT2D eigenvalue weighted by atomic mass is 10.2. The number of carbonyl (C=O) groups is 2. The van der Waals surface area contributed by atoms with Crippen LogP contribution >= 0.6 is 11.6 Å². The number of nitrogens with two attached hydrogens (primary N) is 1. The minimum Gasteiger partial charge on any atom is -0.449 e. The fraction of sp³-hybridized carbons (Fsp3) is 0.222. The minimum absolute atomic E-state index is 0.305. The first-order chi connectivity index (χ1) is 11.4. The number of nitrogen functional groups attached to an aromatic ring is 1. The van der Waals surface area contributed by atoms with Gasteiger partial charge in [-0.2, -0.15) is 0 Å². The largest absolute Gasteiger partial charge is 0.449 e. The molecule has 5 nitrogen and oxygen atoms in total. The van der Waals surface area contributed by atoms with E-state index in [1.54, 1.807) is 43.3 Å². The van der Waals surface area contributed by atoms with E-state index >= 15 is 0 Å². The fourth-order valence-electron chi connectivity index (χ4n) is 2.08. The maximum atomic E-state index is 12.3. The summed E-state index contributed by atoms with van der Waals surface area (Å²) in [6.07, 6.45) is -0.557. The molecule has 24 heavy (non-hydrogen) atoms. The number of halogens is 1. The second-order valence-corrected chi connectivity index (χ2v) is 5.79. The third kappa shape index (κ3) is 4.49. The fourth-order valence-corrected chi connectivity index (χ4v) is 2.26. The molecule has 0 aliphatic heterocycles. The number of hydrogen-bond acceptors (Lipinski definition) is 4. The summed E-state index contributed by atoms with van der Waals surface area (Å²) in [7, 11) is 0. The predicted octanol–water partition coefficient (Wildman–Crippen LogP) is 3.80. The summed E-state index contributed by atoms with van der Waals surface area (Å²) in [6.45, 7) is 3.63. The first-order valence-corrected chi connectivity index (χ1v) is 7.92. The van der Waals surface area contributed by atoms with Gasteiger partial charge in [-0.05, 0) is 49.2 Å². The summed E-state index contributed by atoms with van der Waals surface area (Å²) in [6, 6.07) is 11.6. The van der Waals surface area contributed by atoms with Crippen LogP contribution in [0.1, 0.15) is 29.3 Å². The zero-order chi connectivity index (χ0) is 17.7. The molecule has 0 heterocycles. The molecule has 0 fully saturated rings. The third-order valence-corrected chi connectivity index (χ3v) is 3.88. The molecule has 1 amide bonds. The number of hydrogen-bond donors (Lipinski definition) is 2. The van der Waals surface area contributed by atoms with Crippen molar-refractivity contribution in [3.8, 4) is 0 Å². The molecule has 0 aliphatic rings. The van der Waals surface area contributed by atoms with E-state index in [0.717, 1.165) is 5.56 Å². The number of ether oxygens (including phenoxy) is 1. The molecule has 0 saturated heterocycles. The SMILES string of the molecule is CCC(OC(=O)c1cccc(N)c1)C(=O)Nc1ccc(C)c(Cl)c1. The van der Waals surface area contributed by atoms with Crippen LogP contribution in [0.15, 0.2) is 42.5 Å². The third-order valence-electron chi connectivity index (χ3n) is 3.47. The second kappa shape index (κ2) is 7.84. The van der Waals surface area contributed by atoms with Crippen LogP contribution in [0.2, 0.25) is 5.02 Å². The lowest BCUT2D eigenvalue weighted by Gasteiger charge is -2.16. The van der Waals surface area contributed by atoms with E-state index in [-0.39, 0.29) is 0 Å². The van der Waals surface area contributed by atoms with Crippen LogP contribution in [0.5, 0.6) is 0 Å². The van der Waals surface area contributed by atoms with Gasteiger partial charge in [0.15, 0.2) is 6.10 Å². The molecule has 2 aromatic rings. The predicted molar refractivity (Wildman–Crippen MR) is 95.2 cm³/mol. The molecule has 126 valence electrons. The Hall–Kier alpha value is -2.53. The van der Waals surface area contributed by atoms with Crippen molar-refractivity contribution in [2.75, 3.05) is 11.1 Å². The van der Waals surface area contributed by atoms with Crippen LogP contribution in [0, 0.1) is 6.92 Å². The Morgan fingerprint density at radius 2 is 2.00 bits per heavy atom. The van der Waals surface area contributed by atoms with Crippen molar-refractivity contribution < 1.29 is 14.3 Å². The molecule has 3 N–H and O–H groups in total. The minimum atomic E-state index is -0.904. The van der Waals surface area contributed by atoms with E-state index in [1.165, 1.54) is 6.07 Å². The topological polar surface area (TPSA) is 81.4 Å². The number of nitrogens with one attached hydrogen (secondary N) is 1. The summed E-state index contributed by atoms with van der Waals surface area (Å²) in [5, 5.41) is 3.26. The molecule has 0 spiro atoms. The first kappa shape index (κ1) is 17.8. The van der Waals surface area contributed by atoms with Crippen LogP contribution in [-0.2, 0) is 9.53 Å². The molecule has 6 heteroatoms. The van der Waals surface area contributed by atoms with Gasteiger partial charge in [0.2, 0.25) is 0 Å². The van der Waals surface area contributed by atoms with Crippen molar-refractivity contribution in [1.29, 1.82) is 0 Å². The normalized spacial score (nSPS) is 11.6. The van der Waals surface area contributed by atoms with Crippen molar-refractivity contribution >= 4 is 34.9 Å². The smallest absolute Gasteiger partial charge is 0.338 e. The summed E-state index contributed by atoms with van der Waals surface area (Å²) in [4.78, 5) is 24.5. The molecule has 0 aromatic heterocycles. The van der Waals surface area contributed by atoms with Gasteiger partial charge in [0.05, 0.1) is 5.56 Å². The maximum Gasteiger partial charge on any atom is 0.338 e. The monoisotopic (exact) mass is 346 g/mol. The highest BCUT2D eigenvalue weighted by Crippen LogP contribution is 2.20. The lowest BCUT2D eigenvalue weighted by molar-refractivity contribution is -0.124. The highest BCUT2D eigenvalue weighted by Gasteiger charge is 2.22. The molecule has 0 radical (unpaired) electrons. The Bertz CT molecular complexity index is 762. The van der Waals surface area contributed by atoms with Crippen molar-refractivity contribution in [3.63, 3.8) is 0 Å². The number of rotatable bonds is 5. The van der Waals surface area contributed by atoms with Gasteiger partial charge < -0.3 is 15.8 Å². The number of benzene rings is 2. The summed E-state index contributed by atoms with van der Waals surface area (Å²) in [5.74, 6) is -0.999. The van der Waals surface area contributed by atoms with Gasteiger partial charge in [-0.1, -0.05) is 30.7 Å². The van der Waals surface area contributed by atoms with Gasteiger partial charge in [0.25, 0.3) is 5.91 Å². The average molecular weight is 347 g/mol. The average Bonchev–Trinajstić information content (AvgIpc) is 2.55. The second-order valence-electron chi connectivity index (χ2n) is 5.38. The van der Waals surface area contributed by atoms with Gasteiger partial charge in [-0.3, -0.25) is 4.79 Å². The van der Waals surface area contributed by atoms with Crippen LogP contribution < -0.4 is 11.1 Å². The summed E-state index contributed by atoms with van der Waals surface area (Å²) in [5.41, 5.74) is 7.87. The van der Waals surface area contributed by atoms with Crippen LogP contribution in [0.4, 0.5) is 11.4 Å². The van der Waals surface area contributed by atoms with E-state index in [2.05, 4.69) is 5.32 Å². The van der Waals surface area contributed by atoms with Crippen LogP contribution in [0.3, 0.4) is 0 Å². The van der Waals surface area contributed by atoms with Gasteiger partial charge in [-0.25, -0.2) is 4.79 Å². The van der Waals surface area contributed by atoms with Gasteiger partial charge in [-0.15, -0.1) is 0 Å². The number of anilines is 2. The van der Waals surface area contributed by atoms with E-state index in [9.17, 15) is 9.59 Å². The number of amides is 1. The van der Waals surface area contributed by atoms with Crippen LogP contribution in [-0.4, -0.2) is 18.0 Å². The molecule has 1 atom stereocenters. The first-order valence-electron chi connectivity index (χ1n) is 7.54. The van der Waals surface area contributed by atoms with E-state index in [1.807, 2.05) is 6.92 Å². The van der Waals surface area contributed by atoms with Crippen LogP contribution in [0.25, 0.3) is 0 Å². The molecule has 2 aromatic carbocycles. The highest BCUT2D eigenvalue weighted by atomic mass is 35.5. The summed E-state index contributed by atoms with van der Waals surface area (Å²) < 4.78 is 5.29. The molecule has 0 bridgehead atoms.